The van der Waals surface area contributed by atoms with Gasteiger partial charge in [0.25, 0.3) is 0 Å². The summed E-state index contributed by atoms with van der Waals surface area (Å²) < 4.78 is 12.1. The van der Waals surface area contributed by atoms with Crippen LogP contribution in [-0.2, 0) is 11.3 Å². The SMILES string of the molecule is CSNC(=O)OCc1ccco1. The fourth-order valence-corrected chi connectivity index (χ4v) is 0.870. The van der Waals surface area contributed by atoms with E-state index in [1.165, 1.54) is 18.2 Å². The number of rotatable bonds is 3. The molecule has 12 heavy (non-hydrogen) atoms. The van der Waals surface area contributed by atoms with Crippen molar-refractivity contribution >= 4 is 18.0 Å². The number of furan rings is 1. The van der Waals surface area contributed by atoms with E-state index in [9.17, 15) is 4.79 Å². The Balaban J connectivity index is 2.22. The Morgan fingerprint density at radius 1 is 1.83 bits per heavy atom. The molecule has 0 aliphatic heterocycles. The summed E-state index contributed by atoms with van der Waals surface area (Å²) in [5, 5.41) is 0. The Bertz CT molecular complexity index is 235. The average Bonchev–Trinajstić information content (AvgIpc) is 2.53. The summed E-state index contributed by atoms with van der Waals surface area (Å²) in [5.41, 5.74) is 0. The van der Waals surface area contributed by atoms with E-state index >= 15 is 0 Å². The summed E-state index contributed by atoms with van der Waals surface area (Å²) in [5.74, 6) is 0.631. The van der Waals surface area contributed by atoms with Gasteiger partial charge in [0, 0.05) is 6.26 Å². The molecule has 1 rings (SSSR count). The van der Waals surface area contributed by atoms with Gasteiger partial charge in [-0.05, 0) is 12.1 Å². The molecule has 0 aliphatic rings. The number of amides is 1. The van der Waals surface area contributed by atoms with Crippen molar-refractivity contribution in [3.63, 3.8) is 0 Å². The van der Waals surface area contributed by atoms with Crippen molar-refractivity contribution in [2.24, 2.45) is 0 Å². The first-order chi connectivity index (χ1) is 5.83. The van der Waals surface area contributed by atoms with Crippen LogP contribution in [-0.4, -0.2) is 12.3 Å². The highest BCUT2D eigenvalue weighted by Crippen LogP contribution is 2.01. The molecule has 0 atom stereocenters. The second-order valence-electron chi connectivity index (χ2n) is 1.96. The van der Waals surface area contributed by atoms with E-state index in [4.69, 9.17) is 9.15 Å². The van der Waals surface area contributed by atoms with Crippen molar-refractivity contribution in [2.45, 2.75) is 6.61 Å². The molecule has 0 radical (unpaired) electrons. The van der Waals surface area contributed by atoms with E-state index < -0.39 is 6.09 Å². The zero-order chi connectivity index (χ0) is 8.81. The summed E-state index contributed by atoms with van der Waals surface area (Å²) in [6.07, 6.45) is 2.82. The van der Waals surface area contributed by atoms with Gasteiger partial charge in [-0.25, -0.2) is 4.79 Å². The quantitative estimate of drug-likeness (QED) is 0.733. The number of carbonyl (C=O) groups is 1. The lowest BCUT2D eigenvalue weighted by molar-refractivity contribution is 0.138. The maximum atomic E-state index is 10.7. The Morgan fingerprint density at radius 3 is 3.25 bits per heavy atom. The summed E-state index contributed by atoms with van der Waals surface area (Å²) in [7, 11) is 0. The first kappa shape index (κ1) is 8.99. The van der Waals surface area contributed by atoms with Gasteiger partial charge in [-0.1, -0.05) is 11.9 Å². The summed E-state index contributed by atoms with van der Waals surface area (Å²) >= 11 is 1.19. The lowest BCUT2D eigenvalue weighted by Crippen LogP contribution is -2.16. The highest BCUT2D eigenvalue weighted by atomic mass is 32.2. The Hall–Kier alpha value is -1.10. The maximum absolute atomic E-state index is 10.7. The van der Waals surface area contributed by atoms with Gasteiger partial charge in [-0.3, -0.25) is 4.72 Å². The van der Waals surface area contributed by atoms with Crippen molar-refractivity contribution in [1.29, 1.82) is 0 Å². The summed E-state index contributed by atoms with van der Waals surface area (Å²) in [6.45, 7) is 0.166. The third-order valence-corrected chi connectivity index (χ3v) is 1.48. The zero-order valence-corrected chi connectivity index (χ0v) is 7.39. The normalized spacial score (nSPS) is 9.42. The number of hydrogen-bond acceptors (Lipinski definition) is 4. The standard InChI is InChI=1S/C7H9NO3S/c1-12-8-7(9)11-5-6-3-2-4-10-6/h2-4H,5H2,1H3,(H,8,9). The Morgan fingerprint density at radius 2 is 2.67 bits per heavy atom. The number of hydrogen-bond donors (Lipinski definition) is 1. The van der Waals surface area contributed by atoms with Crippen LogP contribution in [0.2, 0.25) is 0 Å². The highest BCUT2D eigenvalue weighted by Gasteiger charge is 2.01. The monoisotopic (exact) mass is 187 g/mol. The second kappa shape index (κ2) is 4.71. The van der Waals surface area contributed by atoms with Crippen LogP contribution in [0.25, 0.3) is 0 Å². The number of ether oxygens (including phenoxy) is 1. The number of nitrogens with one attached hydrogen (secondary N) is 1. The van der Waals surface area contributed by atoms with E-state index in [0.29, 0.717) is 5.76 Å². The van der Waals surface area contributed by atoms with Crippen LogP contribution in [0.3, 0.4) is 0 Å². The molecule has 1 aromatic rings. The molecule has 1 aromatic heterocycles. The molecule has 0 saturated carbocycles. The molecule has 0 spiro atoms. The molecule has 1 amide bonds. The predicted molar refractivity (Wildman–Crippen MR) is 45.5 cm³/mol. The molecule has 0 bridgehead atoms. The molecule has 5 heteroatoms. The molecule has 4 nitrogen and oxygen atoms in total. The highest BCUT2D eigenvalue weighted by molar-refractivity contribution is 7.97. The summed E-state index contributed by atoms with van der Waals surface area (Å²) in [4.78, 5) is 10.7. The predicted octanol–water partition coefficient (Wildman–Crippen LogP) is 1.78. The van der Waals surface area contributed by atoms with Crippen molar-refractivity contribution < 1.29 is 13.9 Å². The van der Waals surface area contributed by atoms with Crippen LogP contribution >= 0.6 is 11.9 Å². The van der Waals surface area contributed by atoms with E-state index in [1.807, 2.05) is 0 Å². The second-order valence-corrected chi connectivity index (χ2v) is 2.57. The van der Waals surface area contributed by atoms with Gasteiger partial charge in [0.2, 0.25) is 0 Å². The first-order valence-corrected chi connectivity index (χ1v) is 4.53. The van der Waals surface area contributed by atoms with E-state index in [1.54, 1.807) is 18.4 Å². The minimum Gasteiger partial charge on any atom is -0.466 e. The lowest BCUT2D eigenvalue weighted by atomic mass is 10.5. The largest absolute Gasteiger partial charge is 0.466 e. The van der Waals surface area contributed by atoms with Crippen LogP contribution < -0.4 is 4.72 Å². The molecule has 1 N–H and O–H groups in total. The van der Waals surface area contributed by atoms with Gasteiger partial charge >= 0.3 is 6.09 Å². The van der Waals surface area contributed by atoms with Crippen LogP contribution in [0.4, 0.5) is 4.79 Å². The van der Waals surface area contributed by atoms with Crippen molar-refractivity contribution in [3.8, 4) is 0 Å². The van der Waals surface area contributed by atoms with Gasteiger partial charge in [0.15, 0.2) is 6.61 Å². The third-order valence-electron chi connectivity index (χ3n) is 1.11. The van der Waals surface area contributed by atoms with Crippen LogP contribution in [0, 0.1) is 0 Å². The van der Waals surface area contributed by atoms with Gasteiger partial charge in [-0.2, -0.15) is 0 Å². The molecule has 0 saturated heterocycles. The van der Waals surface area contributed by atoms with Crippen molar-refractivity contribution in [3.05, 3.63) is 24.2 Å². The molecule has 66 valence electrons. The maximum Gasteiger partial charge on any atom is 0.417 e. The fourth-order valence-electron chi connectivity index (χ4n) is 0.644. The molecule has 1 heterocycles. The smallest absolute Gasteiger partial charge is 0.417 e. The van der Waals surface area contributed by atoms with Gasteiger partial charge in [0.05, 0.1) is 6.26 Å². The van der Waals surface area contributed by atoms with E-state index in [-0.39, 0.29) is 6.61 Å². The van der Waals surface area contributed by atoms with E-state index in [0.717, 1.165) is 0 Å². The molecular weight excluding hydrogens is 178 g/mol. The molecule has 0 fully saturated rings. The van der Waals surface area contributed by atoms with Gasteiger partial charge < -0.3 is 9.15 Å². The Kier molecular flexibility index (Phi) is 3.53. The van der Waals surface area contributed by atoms with Crippen LogP contribution in [0.15, 0.2) is 22.8 Å². The lowest BCUT2D eigenvalue weighted by Gasteiger charge is -2.01. The first-order valence-electron chi connectivity index (χ1n) is 3.31. The zero-order valence-electron chi connectivity index (χ0n) is 6.57. The molecule has 0 aliphatic carbocycles. The van der Waals surface area contributed by atoms with Crippen LogP contribution in [0.5, 0.6) is 0 Å². The minimum absolute atomic E-state index is 0.166. The van der Waals surface area contributed by atoms with Gasteiger partial charge in [-0.15, -0.1) is 0 Å². The van der Waals surface area contributed by atoms with Crippen molar-refractivity contribution in [2.75, 3.05) is 6.26 Å². The number of carbonyl (C=O) groups excluding carboxylic acids is 1. The molecule has 0 aromatic carbocycles. The molecule has 0 unspecified atom stereocenters. The minimum atomic E-state index is -0.459. The van der Waals surface area contributed by atoms with Crippen molar-refractivity contribution in [1.82, 2.24) is 4.72 Å². The van der Waals surface area contributed by atoms with E-state index in [2.05, 4.69) is 4.72 Å². The average molecular weight is 187 g/mol. The fraction of sp³-hybridized carbons (Fsp3) is 0.286. The Labute approximate surface area is 74.4 Å². The van der Waals surface area contributed by atoms with Crippen LogP contribution in [0.1, 0.15) is 5.76 Å². The summed E-state index contributed by atoms with van der Waals surface area (Å²) in [6, 6.07) is 3.48. The topological polar surface area (TPSA) is 51.5 Å². The third kappa shape index (κ3) is 2.87. The molecular formula is C7H9NO3S. The van der Waals surface area contributed by atoms with Gasteiger partial charge in [0.1, 0.15) is 5.76 Å².